The Balaban J connectivity index is 2.02. The lowest BCUT2D eigenvalue weighted by Crippen LogP contribution is -2.30. The Labute approximate surface area is 119 Å². The third-order valence-electron chi connectivity index (χ3n) is 3.41. The van der Waals surface area contributed by atoms with Crippen LogP contribution in [0.25, 0.3) is 0 Å². The number of phenolic OH excluding ortho intramolecular Hbond substituents is 2. The summed E-state index contributed by atoms with van der Waals surface area (Å²) < 4.78 is 0. The van der Waals surface area contributed by atoms with Gasteiger partial charge in [-0.1, -0.05) is 36.4 Å². The van der Waals surface area contributed by atoms with Gasteiger partial charge in [0.25, 0.3) is 0 Å². The van der Waals surface area contributed by atoms with Gasteiger partial charge in [0.2, 0.25) is 0 Å². The second-order valence-electron chi connectivity index (χ2n) is 5.19. The minimum Gasteiger partial charge on any atom is -0.507 e. The van der Waals surface area contributed by atoms with Crippen molar-refractivity contribution in [2.45, 2.75) is 32.4 Å². The first kappa shape index (κ1) is 14.4. The fourth-order valence-electron chi connectivity index (χ4n) is 2.52. The lowest BCUT2D eigenvalue weighted by atomic mass is 10.0. The molecule has 0 aliphatic carbocycles. The first-order valence-electron chi connectivity index (χ1n) is 6.88. The Morgan fingerprint density at radius 1 is 0.900 bits per heavy atom. The normalized spacial score (nSPS) is 13.9. The van der Waals surface area contributed by atoms with Crippen molar-refractivity contribution >= 4 is 0 Å². The van der Waals surface area contributed by atoms with Crippen LogP contribution in [0.2, 0.25) is 0 Å². The van der Waals surface area contributed by atoms with Crippen molar-refractivity contribution in [1.82, 2.24) is 5.32 Å². The summed E-state index contributed by atoms with van der Waals surface area (Å²) in [6.45, 7) is 4.04. The average molecular weight is 271 g/mol. The molecule has 0 radical (unpaired) electrons. The van der Waals surface area contributed by atoms with Gasteiger partial charge in [-0.3, -0.25) is 0 Å². The van der Waals surface area contributed by atoms with E-state index in [4.69, 9.17) is 0 Å². The van der Waals surface area contributed by atoms with E-state index in [0.29, 0.717) is 5.56 Å². The summed E-state index contributed by atoms with van der Waals surface area (Å²) in [5, 5.41) is 23.1. The van der Waals surface area contributed by atoms with E-state index in [0.717, 1.165) is 6.42 Å². The Morgan fingerprint density at radius 3 is 2.10 bits per heavy atom. The van der Waals surface area contributed by atoms with Crippen LogP contribution in [0, 0.1) is 0 Å². The molecular formula is C17H21NO2. The lowest BCUT2D eigenvalue weighted by molar-refractivity contribution is 0.404. The first-order chi connectivity index (χ1) is 9.58. The SMILES string of the molecule is CC(Cc1ccccc1)NC(C)c1c(O)cccc1O. The molecular weight excluding hydrogens is 250 g/mol. The van der Waals surface area contributed by atoms with Crippen LogP contribution in [0.1, 0.15) is 31.0 Å². The van der Waals surface area contributed by atoms with E-state index in [9.17, 15) is 10.2 Å². The summed E-state index contributed by atoms with van der Waals surface area (Å²) in [6, 6.07) is 15.2. The van der Waals surface area contributed by atoms with Crippen LogP contribution in [0.4, 0.5) is 0 Å². The van der Waals surface area contributed by atoms with Gasteiger partial charge in [-0.15, -0.1) is 0 Å². The molecule has 106 valence electrons. The van der Waals surface area contributed by atoms with Gasteiger partial charge in [0.05, 0.1) is 5.56 Å². The number of hydrogen-bond acceptors (Lipinski definition) is 3. The fourth-order valence-corrected chi connectivity index (χ4v) is 2.52. The highest BCUT2D eigenvalue weighted by molar-refractivity contribution is 5.44. The van der Waals surface area contributed by atoms with Gasteiger partial charge in [-0.05, 0) is 38.0 Å². The molecule has 2 atom stereocenters. The number of aromatic hydroxyl groups is 2. The fraction of sp³-hybridized carbons (Fsp3) is 0.294. The molecule has 2 rings (SSSR count). The second kappa shape index (κ2) is 6.44. The molecule has 0 saturated carbocycles. The molecule has 3 heteroatoms. The molecule has 0 fully saturated rings. The van der Waals surface area contributed by atoms with Crippen LogP contribution in [0.15, 0.2) is 48.5 Å². The van der Waals surface area contributed by atoms with Crippen molar-refractivity contribution in [3.05, 3.63) is 59.7 Å². The van der Waals surface area contributed by atoms with Crippen molar-refractivity contribution in [3.8, 4) is 11.5 Å². The number of nitrogens with one attached hydrogen (secondary N) is 1. The van der Waals surface area contributed by atoms with E-state index in [1.807, 2.05) is 25.1 Å². The third kappa shape index (κ3) is 3.52. The molecule has 0 amide bonds. The molecule has 0 bridgehead atoms. The number of benzene rings is 2. The van der Waals surface area contributed by atoms with Gasteiger partial charge >= 0.3 is 0 Å². The Morgan fingerprint density at radius 2 is 1.50 bits per heavy atom. The van der Waals surface area contributed by atoms with Crippen LogP contribution >= 0.6 is 0 Å². The molecule has 20 heavy (non-hydrogen) atoms. The highest BCUT2D eigenvalue weighted by Crippen LogP contribution is 2.32. The van der Waals surface area contributed by atoms with Gasteiger partial charge in [0, 0.05) is 12.1 Å². The van der Waals surface area contributed by atoms with E-state index in [1.165, 1.54) is 5.56 Å². The molecule has 3 nitrogen and oxygen atoms in total. The predicted molar refractivity (Wildman–Crippen MR) is 80.9 cm³/mol. The lowest BCUT2D eigenvalue weighted by Gasteiger charge is -2.22. The molecule has 0 heterocycles. The third-order valence-corrected chi connectivity index (χ3v) is 3.41. The van der Waals surface area contributed by atoms with E-state index < -0.39 is 0 Å². The molecule has 0 aliphatic rings. The maximum absolute atomic E-state index is 9.86. The first-order valence-corrected chi connectivity index (χ1v) is 6.88. The molecule has 2 aromatic rings. The van der Waals surface area contributed by atoms with Crippen molar-refractivity contribution in [3.63, 3.8) is 0 Å². The second-order valence-corrected chi connectivity index (χ2v) is 5.19. The molecule has 0 saturated heterocycles. The molecule has 0 aliphatic heterocycles. The van der Waals surface area contributed by atoms with Gasteiger partial charge < -0.3 is 15.5 Å². The highest BCUT2D eigenvalue weighted by atomic mass is 16.3. The summed E-state index contributed by atoms with van der Waals surface area (Å²) in [5.41, 5.74) is 1.81. The van der Waals surface area contributed by atoms with E-state index in [1.54, 1.807) is 18.2 Å². The zero-order valence-corrected chi connectivity index (χ0v) is 11.9. The van der Waals surface area contributed by atoms with E-state index >= 15 is 0 Å². The van der Waals surface area contributed by atoms with Gasteiger partial charge in [0.1, 0.15) is 11.5 Å². The summed E-state index contributed by atoms with van der Waals surface area (Å²) >= 11 is 0. The number of hydrogen-bond donors (Lipinski definition) is 3. The Hall–Kier alpha value is -2.00. The zero-order chi connectivity index (χ0) is 14.5. The van der Waals surface area contributed by atoms with Crippen LogP contribution in [-0.2, 0) is 6.42 Å². The van der Waals surface area contributed by atoms with Crippen LogP contribution in [0.3, 0.4) is 0 Å². The van der Waals surface area contributed by atoms with Crippen molar-refractivity contribution in [1.29, 1.82) is 0 Å². The van der Waals surface area contributed by atoms with Crippen LogP contribution in [-0.4, -0.2) is 16.3 Å². The highest BCUT2D eigenvalue weighted by Gasteiger charge is 2.16. The predicted octanol–water partition coefficient (Wildman–Crippen LogP) is 3.38. The summed E-state index contributed by atoms with van der Waals surface area (Å²) in [5.74, 6) is 0.244. The van der Waals surface area contributed by atoms with Gasteiger partial charge in [-0.2, -0.15) is 0 Å². The van der Waals surface area contributed by atoms with E-state index in [2.05, 4.69) is 24.4 Å². The maximum atomic E-state index is 9.86. The van der Waals surface area contributed by atoms with Crippen molar-refractivity contribution < 1.29 is 10.2 Å². The van der Waals surface area contributed by atoms with Crippen LogP contribution < -0.4 is 5.32 Å². The molecule has 2 unspecified atom stereocenters. The Kier molecular flexibility index (Phi) is 4.64. The summed E-state index contributed by atoms with van der Waals surface area (Å²) in [7, 11) is 0. The quantitative estimate of drug-likeness (QED) is 0.781. The average Bonchev–Trinajstić information content (AvgIpc) is 2.39. The van der Waals surface area contributed by atoms with Gasteiger partial charge in [0.15, 0.2) is 0 Å². The smallest absolute Gasteiger partial charge is 0.124 e. The minimum absolute atomic E-state index is 0.116. The maximum Gasteiger partial charge on any atom is 0.124 e. The number of phenols is 2. The zero-order valence-electron chi connectivity index (χ0n) is 11.9. The van der Waals surface area contributed by atoms with Crippen molar-refractivity contribution in [2.24, 2.45) is 0 Å². The van der Waals surface area contributed by atoms with E-state index in [-0.39, 0.29) is 23.6 Å². The standard InChI is InChI=1S/C17H21NO2/c1-12(11-14-7-4-3-5-8-14)18-13(2)17-15(19)9-6-10-16(17)20/h3-10,12-13,18-20H,11H2,1-2H3. The topological polar surface area (TPSA) is 52.5 Å². The van der Waals surface area contributed by atoms with Crippen molar-refractivity contribution in [2.75, 3.05) is 0 Å². The molecule has 2 aromatic carbocycles. The molecule has 0 spiro atoms. The molecule has 0 aromatic heterocycles. The monoisotopic (exact) mass is 271 g/mol. The summed E-state index contributed by atoms with van der Waals surface area (Å²) in [4.78, 5) is 0. The molecule has 3 N–H and O–H groups in total. The summed E-state index contributed by atoms with van der Waals surface area (Å²) in [6.07, 6.45) is 0.902. The number of rotatable bonds is 5. The Bertz CT molecular complexity index is 534. The van der Waals surface area contributed by atoms with Crippen LogP contribution in [0.5, 0.6) is 11.5 Å². The minimum atomic E-state index is -0.116. The largest absolute Gasteiger partial charge is 0.507 e. The van der Waals surface area contributed by atoms with Gasteiger partial charge in [-0.25, -0.2) is 0 Å².